The van der Waals surface area contributed by atoms with Crippen molar-refractivity contribution in [2.45, 2.75) is 84.1 Å². The van der Waals surface area contributed by atoms with Crippen LogP contribution < -0.4 is 20.1 Å². The third kappa shape index (κ3) is 16.3. The number of benzene rings is 2. The van der Waals surface area contributed by atoms with Crippen LogP contribution in [-0.2, 0) is 52.0 Å². The number of hydrogen-bond donors (Lipinski definition) is 4. The van der Waals surface area contributed by atoms with Gasteiger partial charge in [-0.1, -0.05) is 60.7 Å². The lowest BCUT2D eigenvalue weighted by atomic mass is 10.1. The second-order valence-electron chi connectivity index (χ2n) is 12.7. The third-order valence-electron chi connectivity index (χ3n) is 5.92. The first-order chi connectivity index (χ1) is 21.6. The molecule has 0 fully saturated rings. The van der Waals surface area contributed by atoms with Crippen LogP contribution in [0.15, 0.2) is 60.7 Å². The second-order valence-corrected chi connectivity index (χ2v) is 16.4. The predicted molar refractivity (Wildman–Crippen MR) is 175 cm³/mol. The van der Waals surface area contributed by atoms with Crippen LogP contribution in [0.1, 0.15) is 59.1 Å². The highest BCUT2D eigenvalue weighted by Gasteiger charge is 2.30. The van der Waals surface area contributed by atoms with Crippen molar-refractivity contribution in [3.05, 3.63) is 71.8 Å². The van der Waals surface area contributed by atoms with Crippen molar-refractivity contribution in [1.82, 2.24) is 20.1 Å². The van der Waals surface area contributed by atoms with Crippen molar-refractivity contribution in [1.29, 1.82) is 0 Å². The Morgan fingerprint density at radius 3 is 1.21 bits per heavy atom. The Labute approximate surface area is 276 Å². The SMILES string of the molecule is CC(C)(C)OC(=O)N[C@@H](Cc1ccccc1)C(=O)NS(=O)(=O)CCCS(=O)(=O)NC(=O)[C@H](Cc1ccccc1)NC(=O)OC(C)(C)C. The standard InChI is InChI=1S/C31H44N4O10S2/c1-30(2,3)44-28(38)32-24(20-22-14-9-7-10-15-22)26(36)34-46(40,41)18-13-19-47(42,43)35-27(37)25(21-23-16-11-8-12-17-23)33-29(39)45-31(4,5)6/h7-12,14-17,24-25H,13,18-21H2,1-6H3,(H,32,38)(H,33,39)(H,34,36)(H,35,37)/t24-,25-/m0/s1. The van der Waals surface area contributed by atoms with Crippen LogP contribution in [0, 0.1) is 0 Å². The van der Waals surface area contributed by atoms with Gasteiger partial charge in [-0.2, -0.15) is 0 Å². The van der Waals surface area contributed by atoms with Crippen LogP contribution in [0.2, 0.25) is 0 Å². The quantitative estimate of drug-likeness (QED) is 0.227. The van der Waals surface area contributed by atoms with Crippen molar-refractivity contribution in [3.63, 3.8) is 0 Å². The predicted octanol–water partition coefficient (Wildman–Crippen LogP) is 2.54. The minimum Gasteiger partial charge on any atom is -0.444 e. The zero-order valence-corrected chi connectivity index (χ0v) is 29.0. The molecule has 0 heterocycles. The summed E-state index contributed by atoms with van der Waals surface area (Å²) in [6, 6.07) is 14.5. The maximum absolute atomic E-state index is 13.0. The minimum absolute atomic E-state index is 0.0523. The van der Waals surface area contributed by atoms with Gasteiger partial charge in [-0.15, -0.1) is 0 Å². The zero-order valence-electron chi connectivity index (χ0n) is 27.4. The van der Waals surface area contributed by atoms with Gasteiger partial charge in [0.25, 0.3) is 11.8 Å². The molecule has 0 aromatic heterocycles. The molecule has 14 nitrogen and oxygen atoms in total. The number of sulfonamides is 2. The number of ether oxygens (including phenoxy) is 2. The van der Waals surface area contributed by atoms with Crippen molar-refractivity contribution in [2.24, 2.45) is 0 Å². The Morgan fingerprint density at radius 2 is 0.915 bits per heavy atom. The monoisotopic (exact) mass is 696 g/mol. The Bertz CT molecular complexity index is 1470. The van der Waals surface area contributed by atoms with Crippen LogP contribution in [0.25, 0.3) is 0 Å². The van der Waals surface area contributed by atoms with Crippen LogP contribution in [0.3, 0.4) is 0 Å². The van der Waals surface area contributed by atoms with Gasteiger partial charge in [0.2, 0.25) is 20.0 Å². The molecule has 0 aliphatic carbocycles. The van der Waals surface area contributed by atoms with Gasteiger partial charge in [-0.05, 0) is 59.1 Å². The van der Waals surface area contributed by atoms with Gasteiger partial charge in [-0.25, -0.2) is 26.4 Å². The fourth-order valence-electron chi connectivity index (χ4n) is 4.01. The second kappa shape index (κ2) is 16.6. The molecule has 0 bridgehead atoms. The summed E-state index contributed by atoms with van der Waals surface area (Å²) in [5.74, 6) is -3.68. The van der Waals surface area contributed by atoms with Crippen LogP contribution in [0.4, 0.5) is 9.59 Å². The fourth-order valence-corrected chi connectivity index (χ4v) is 6.34. The number of carbonyl (C=O) groups is 4. The molecule has 0 aliphatic heterocycles. The van der Waals surface area contributed by atoms with Crippen molar-refractivity contribution in [3.8, 4) is 0 Å². The molecule has 0 aliphatic rings. The Morgan fingerprint density at radius 1 is 0.596 bits per heavy atom. The van der Waals surface area contributed by atoms with E-state index in [1.807, 2.05) is 9.44 Å². The topological polar surface area (TPSA) is 203 Å². The average molecular weight is 697 g/mol. The molecule has 2 rings (SSSR count). The summed E-state index contributed by atoms with van der Waals surface area (Å²) in [5.41, 5.74) is -0.486. The number of alkyl carbamates (subject to hydrolysis) is 2. The molecule has 4 amide bonds. The molecule has 4 N–H and O–H groups in total. The first-order valence-corrected chi connectivity index (χ1v) is 18.1. The molecule has 16 heteroatoms. The zero-order chi connectivity index (χ0) is 35.5. The molecular weight excluding hydrogens is 652 g/mol. The number of carbonyl (C=O) groups excluding carboxylic acids is 4. The lowest BCUT2D eigenvalue weighted by Crippen LogP contribution is -2.51. The van der Waals surface area contributed by atoms with Gasteiger partial charge in [0.1, 0.15) is 23.3 Å². The van der Waals surface area contributed by atoms with Crippen LogP contribution in [0.5, 0.6) is 0 Å². The Hall–Kier alpha value is -4.18. The molecule has 0 saturated heterocycles. The summed E-state index contributed by atoms with van der Waals surface area (Å²) in [6.07, 6.45) is -2.46. The highest BCUT2D eigenvalue weighted by molar-refractivity contribution is 7.91. The molecular formula is C31H44N4O10S2. The Balaban J connectivity index is 2.05. The molecule has 0 spiro atoms. The summed E-state index contributed by atoms with van der Waals surface area (Å²) in [6.45, 7) is 9.75. The largest absolute Gasteiger partial charge is 0.444 e. The maximum Gasteiger partial charge on any atom is 0.408 e. The van der Waals surface area contributed by atoms with E-state index in [2.05, 4.69) is 10.6 Å². The minimum atomic E-state index is -4.37. The van der Waals surface area contributed by atoms with Crippen LogP contribution in [-0.4, -0.2) is 75.6 Å². The summed E-state index contributed by atoms with van der Waals surface area (Å²) in [7, 11) is -8.75. The lowest BCUT2D eigenvalue weighted by Gasteiger charge is -2.23. The molecule has 0 radical (unpaired) electrons. The lowest BCUT2D eigenvalue weighted by molar-refractivity contribution is -0.122. The third-order valence-corrected chi connectivity index (χ3v) is 8.60. The highest BCUT2D eigenvalue weighted by atomic mass is 32.2. The van der Waals surface area contributed by atoms with E-state index in [4.69, 9.17) is 9.47 Å². The van der Waals surface area contributed by atoms with Gasteiger partial charge in [-0.3, -0.25) is 19.0 Å². The van der Waals surface area contributed by atoms with E-state index in [-0.39, 0.29) is 12.8 Å². The van der Waals surface area contributed by atoms with Gasteiger partial charge >= 0.3 is 12.2 Å². The number of rotatable bonds is 14. The normalized spacial score (nSPS) is 13.4. The average Bonchev–Trinajstić information content (AvgIpc) is 2.90. The van der Waals surface area contributed by atoms with E-state index >= 15 is 0 Å². The first kappa shape index (κ1) is 39.0. The summed E-state index contributed by atoms with van der Waals surface area (Å²) in [4.78, 5) is 50.7. The maximum atomic E-state index is 13.0. The number of hydrogen-bond acceptors (Lipinski definition) is 10. The summed E-state index contributed by atoms with van der Waals surface area (Å²) in [5, 5.41) is 4.76. The molecule has 260 valence electrons. The first-order valence-electron chi connectivity index (χ1n) is 14.8. The number of nitrogens with one attached hydrogen (secondary N) is 4. The Kier molecular flexibility index (Phi) is 13.8. The molecule has 2 aromatic carbocycles. The molecule has 2 atom stereocenters. The smallest absolute Gasteiger partial charge is 0.408 e. The van der Waals surface area contributed by atoms with Gasteiger partial charge < -0.3 is 20.1 Å². The summed E-state index contributed by atoms with van der Waals surface area (Å²) < 4.78 is 65.1. The van der Waals surface area contributed by atoms with E-state index in [0.717, 1.165) is 0 Å². The molecule has 2 aromatic rings. The fraction of sp³-hybridized carbons (Fsp3) is 0.484. The van der Waals surface area contributed by atoms with E-state index in [1.165, 1.54) is 0 Å². The van der Waals surface area contributed by atoms with Crippen molar-refractivity contribution < 1.29 is 45.5 Å². The van der Waals surface area contributed by atoms with E-state index in [9.17, 15) is 36.0 Å². The van der Waals surface area contributed by atoms with Crippen LogP contribution >= 0.6 is 0 Å². The van der Waals surface area contributed by atoms with E-state index in [1.54, 1.807) is 102 Å². The van der Waals surface area contributed by atoms with Gasteiger partial charge in [0.15, 0.2) is 0 Å². The number of amides is 4. The molecule has 0 saturated carbocycles. The van der Waals surface area contributed by atoms with Gasteiger partial charge in [0, 0.05) is 12.8 Å². The summed E-state index contributed by atoms with van der Waals surface area (Å²) >= 11 is 0. The van der Waals surface area contributed by atoms with E-state index in [0.29, 0.717) is 11.1 Å². The highest BCUT2D eigenvalue weighted by Crippen LogP contribution is 2.11. The van der Waals surface area contributed by atoms with Gasteiger partial charge in [0.05, 0.1) is 11.5 Å². The molecule has 0 unspecified atom stereocenters. The van der Waals surface area contributed by atoms with E-state index < -0.39 is 85.3 Å². The van der Waals surface area contributed by atoms with Crippen molar-refractivity contribution in [2.75, 3.05) is 11.5 Å². The van der Waals surface area contributed by atoms with Crippen molar-refractivity contribution >= 4 is 44.0 Å². The molecule has 47 heavy (non-hydrogen) atoms.